The molecule has 0 saturated carbocycles. The van der Waals surface area contributed by atoms with E-state index in [0.29, 0.717) is 39.0 Å². The normalized spacial score (nSPS) is 10.9. The van der Waals surface area contributed by atoms with E-state index in [2.05, 4.69) is 11.1 Å². The number of aromatic amines is 1. The number of benzene rings is 8. The summed E-state index contributed by atoms with van der Waals surface area (Å²) in [5, 5.41) is 3.88. The van der Waals surface area contributed by atoms with E-state index in [0.717, 1.165) is 87.7 Å². The smallest absolute Gasteiger partial charge is 0.344 e. The molecular formula is C69H60N2O7S2. The molecule has 0 atom stereocenters. The van der Waals surface area contributed by atoms with Gasteiger partial charge in [0.1, 0.15) is 16.7 Å². The quantitative estimate of drug-likeness (QED) is 0.122. The van der Waals surface area contributed by atoms with Crippen molar-refractivity contribution in [1.29, 1.82) is 0 Å². The van der Waals surface area contributed by atoms with Crippen LogP contribution in [0.15, 0.2) is 236 Å². The number of nitrogens with zero attached hydrogens (tertiary/aromatic N) is 1. The molecule has 0 aliphatic rings. The molecule has 0 aliphatic carbocycles. The fourth-order valence-corrected chi connectivity index (χ4v) is 10.0. The molecule has 0 bridgehead atoms. The molecular weight excluding hydrogens is 1030 g/mol. The maximum atomic E-state index is 12.3. The summed E-state index contributed by atoms with van der Waals surface area (Å²) in [7, 11) is 4.00. The van der Waals surface area contributed by atoms with Crippen molar-refractivity contribution < 1.29 is 13.3 Å². The summed E-state index contributed by atoms with van der Waals surface area (Å²) in [6.45, 7) is 9.96. The summed E-state index contributed by atoms with van der Waals surface area (Å²) < 4.78 is 16.3. The molecule has 0 amide bonds. The Bertz CT molecular complexity index is 4460. The van der Waals surface area contributed by atoms with Gasteiger partial charge >= 0.3 is 16.9 Å². The molecule has 400 valence electrons. The maximum Gasteiger partial charge on any atom is 0.344 e. The molecule has 11 heteroatoms. The molecule has 9 nitrogen and oxygen atoms in total. The topological polar surface area (TPSA) is 127 Å². The maximum absolute atomic E-state index is 12.3. The van der Waals surface area contributed by atoms with E-state index in [4.69, 9.17) is 13.3 Å². The Morgan fingerprint density at radius 1 is 0.375 bits per heavy atom. The molecule has 8 aromatic carbocycles. The molecule has 4 heterocycles. The molecule has 12 aromatic rings. The summed E-state index contributed by atoms with van der Waals surface area (Å²) in [6.07, 6.45) is 4.05. The highest BCUT2D eigenvalue weighted by Crippen LogP contribution is 2.29. The number of hydrogen-bond acceptors (Lipinski definition) is 10. The van der Waals surface area contributed by atoms with Crippen LogP contribution >= 0.6 is 23.5 Å². The number of pyridine rings is 1. The van der Waals surface area contributed by atoms with Crippen molar-refractivity contribution in [2.45, 2.75) is 44.4 Å². The Hall–Kier alpha value is -8.90. The lowest BCUT2D eigenvalue weighted by Gasteiger charge is -2.12. The standard InChI is InChI=1S/C18H18N2O.2C17H14O2S.C17H14O2/c1-12-4-5-14-11-16(18(21)19-17(14)10-12)13-6-8-15(9-7-13)20(2)3;1-11-3-4-13-10-15(17(18)19-16(13)9-11)12-5-7-14(20-2)8-6-12;1-11-6-7-13-10-15(17(18)19-16(13)8-11)12-4-3-5-14(9-12)20-2;1-11-7-8-13-10-15(17(18)19-16(13)9-11)14-6-4-3-5-12(14)2/h4-11H,1-3H3,(H,19,21);2*3-10H,1-2H3;3-10H,1-2H3. The van der Waals surface area contributed by atoms with Gasteiger partial charge < -0.3 is 23.1 Å². The third-order valence-electron chi connectivity index (χ3n) is 13.6. The average molecular weight is 1090 g/mol. The number of aromatic nitrogens is 1. The van der Waals surface area contributed by atoms with Crippen LogP contribution in [0.4, 0.5) is 5.69 Å². The molecule has 0 saturated heterocycles. The number of fused-ring (bicyclic) bond motifs is 4. The predicted molar refractivity (Wildman–Crippen MR) is 335 cm³/mol. The zero-order valence-corrected chi connectivity index (χ0v) is 47.7. The van der Waals surface area contributed by atoms with Crippen LogP contribution in [0.2, 0.25) is 0 Å². The number of H-pyrrole nitrogens is 1. The SMILES string of the molecule is CSc1ccc(-c2cc3ccc(C)cc3oc2=O)cc1.CSc1cccc(-c2cc3ccc(C)cc3oc2=O)c1.Cc1ccc2cc(-c3ccc(N(C)C)cc3)c(=O)[nH]c2c1.Cc1ccc2cc(-c3ccccc3C)c(=O)oc2c1. The fourth-order valence-electron chi connectivity index (χ4n) is 9.15. The van der Waals surface area contributed by atoms with Crippen LogP contribution in [-0.2, 0) is 0 Å². The number of anilines is 1. The van der Waals surface area contributed by atoms with Crippen LogP contribution in [-0.4, -0.2) is 31.6 Å². The van der Waals surface area contributed by atoms with Crippen molar-refractivity contribution in [3.8, 4) is 44.5 Å². The highest BCUT2D eigenvalue weighted by molar-refractivity contribution is 7.98. The molecule has 4 aromatic heterocycles. The van der Waals surface area contributed by atoms with E-state index >= 15 is 0 Å². The number of rotatable bonds is 7. The number of nitrogens with one attached hydrogen (secondary N) is 1. The van der Waals surface area contributed by atoms with E-state index < -0.39 is 0 Å². The third kappa shape index (κ3) is 13.2. The second-order valence-electron chi connectivity index (χ2n) is 19.8. The van der Waals surface area contributed by atoms with Gasteiger partial charge in [-0.15, -0.1) is 23.5 Å². The fraction of sp³-hybridized carbons (Fsp3) is 0.130. The summed E-state index contributed by atoms with van der Waals surface area (Å²) in [4.78, 5) is 56.0. The highest BCUT2D eigenvalue weighted by atomic mass is 32.2. The van der Waals surface area contributed by atoms with Crippen molar-refractivity contribution in [3.63, 3.8) is 0 Å². The van der Waals surface area contributed by atoms with Crippen molar-refractivity contribution in [2.24, 2.45) is 0 Å². The van der Waals surface area contributed by atoms with Gasteiger partial charge in [-0.05, 0) is 188 Å². The summed E-state index contributed by atoms with van der Waals surface area (Å²) in [5.74, 6) is 0. The molecule has 0 aliphatic heterocycles. The summed E-state index contributed by atoms with van der Waals surface area (Å²) in [6, 6.07) is 63.1. The first kappa shape index (κ1) is 55.8. The monoisotopic (exact) mass is 1090 g/mol. The lowest BCUT2D eigenvalue weighted by Crippen LogP contribution is -2.10. The highest BCUT2D eigenvalue weighted by Gasteiger charge is 2.13. The van der Waals surface area contributed by atoms with E-state index in [1.807, 2.05) is 254 Å². The molecule has 12 rings (SSSR count). The van der Waals surface area contributed by atoms with Gasteiger partial charge in [-0.1, -0.05) is 109 Å². The second kappa shape index (κ2) is 24.8. The minimum absolute atomic E-state index is 0.0503. The molecule has 0 fully saturated rings. The van der Waals surface area contributed by atoms with Gasteiger partial charge in [0, 0.05) is 56.8 Å². The predicted octanol–water partition coefficient (Wildman–Crippen LogP) is 16.6. The van der Waals surface area contributed by atoms with Crippen LogP contribution < -0.4 is 27.3 Å². The van der Waals surface area contributed by atoms with Crippen molar-refractivity contribution in [3.05, 3.63) is 264 Å². The Balaban J connectivity index is 0.000000129. The molecule has 0 unspecified atom stereocenters. The summed E-state index contributed by atoms with van der Waals surface area (Å²) in [5.41, 5.74) is 14.6. The van der Waals surface area contributed by atoms with Gasteiger partial charge in [0.2, 0.25) is 0 Å². The Kier molecular flexibility index (Phi) is 17.3. The molecule has 0 radical (unpaired) electrons. The molecule has 1 N–H and O–H groups in total. The first-order valence-corrected chi connectivity index (χ1v) is 28.4. The van der Waals surface area contributed by atoms with Crippen LogP contribution in [0.1, 0.15) is 27.8 Å². The van der Waals surface area contributed by atoms with Crippen molar-refractivity contribution in [2.75, 3.05) is 31.5 Å². The molecule has 0 spiro atoms. The van der Waals surface area contributed by atoms with Gasteiger partial charge in [0.25, 0.3) is 5.56 Å². The van der Waals surface area contributed by atoms with Gasteiger partial charge in [0.15, 0.2) is 0 Å². The van der Waals surface area contributed by atoms with Crippen molar-refractivity contribution in [1.82, 2.24) is 4.98 Å². The van der Waals surface area contributed by atoms with Crippen LogP contribution in [0.3, 0.4) is 0 Å². The van der Waals surface area contributed by atoms with E-state index in [9.17, 15) is 19.2 Å². The Morgan fingerprint density at radius 2 is 0.825 bits per heavy atom. The van der Waals surface area contributed by atoms with Gasteiger partial charge in [-0.2, -0.15) is 0 Å². The van der Waals surface area contributed by atoms with Crippen LogP contribution in [0, 0.1) is 34.6 Å². The zero-order chi connectivity index (χ0) is 56.6. The minimum atomic E-state index is -0.292. The Morgan fingerprint density at radius 3 is 1.35 bits per heavy atom. The van der Waals surface area contributed by atoms with Crippen LogP contribution in [0.5, 0.6) is 0 Å². The van der Waals surface area contributed by atoms with Crippen molar-refractivity contribution >= 4 is 73.0 Å². The first-order chi connectivity index (χ1) is 38.5. The van der Waals surface area contributed by atoms with E-state index in [1.54, 1.807) is 23.5 Å². The summed E-state index contributed by atoms with van der Waals surface area (Å²) >= 11 is 3.34. The number of aryl methyl sites for hydroxylation is 5. The Labute approximate surface area is 472 Å². The van der Waals surface area contributed by atoms with Gasteiger partial charge in [-0.3, -0.25) is 4.79 Å². The lowest BCUT2D eigenvalue weighted by atomic mass is 10.0. The van der Waals surface area contributed by atoms with Gasteiger partial charge in [-0.25, -0.2) is 14.4 Å². The third-order valence-corrected chi connectivity index (χ3v) is 15.1. The largest absolute Gasteiger partial charge is 0.422 e. The number of thioether (sulfide) groups is 2. The van der Waals surface area contributed by atoms with E-state index in [1.165, 1.54) is 4.90 Å². The van der Waals surface area contributed by atoms with Gasteiger partial charge in [0.05, 0.1) is 16.7 Å². The minimum Gasteiger partial charge on any atom is -0.422 e. The second-order valence-corrected chi connectivity index (χ2v) is 21.5. The molecule has 80 heavy (non-hydrogen) atoms. The number of hydrogen-bond donors (Lipinski definition) is 1. The zero-order valence-electron chi connectivity index (χ0n) is 46.1. The lowest BCUT2D eigenvalue weighted by molar-refractivity contribution is 0.563. The first-order valence-electron chi connectivity index (χ1n) is 25.9. The van der Waals surface area contributed by atoms with E-state index in [-0.39, 0.29) is 22.4 Å². The van der Waals surface area contributed by atoms with Crippen LogP contribution in [0.25, 0.3) is 88.3 Å². The average Bonchev–Trinajstić information content (AvgIpc) is 3.52.